The molecule has 5 heteroatoms. The van der Waals surface area contributed by atoms with Gasteiger partial charge in [-0.05, 0) is 23.8 Å². The van der Waals surface area contributed by atoms with Crippen LogP contribution in [-0.4, -0.2) is 36.5 Å². The van der Waals surface area contributed by atoms with Crippen molar-refractivity contribution in [3.05, 3.63) is 65.2 Å². The van der Waals surface area contributed by atoms with Gasteiger partial charge in [-0.3, -0.25) is 4.79 Å². The first-order chi connectivity index (χ1) is 11.6. The molecular formula is C19H22ClN3O. The van der Waals surface area contributed by atoms with Gasteiger partial charge in [-0.15, -0.1) is 0 Å². The first-order valence-corrected chi connectivity index (χ1v) is 8.58. The third kappa shape index (κ3) is 4.35. The van der Waals surface area contributed by atoms with Gasteiger partial charge in [-0.2, -0.15) is 0 Å². The second-order valence-corrected chi connectivity index (χ2v) is 6.69. The molecule has 4 nitrogen and oxygen atoms in total. The Morgan fingerprint density at radius 3 is 2.71 bits per heavy atom. The van der Waals surface area contributed by atoms with Crippen LogP contribution in [-0.2, 0) is 4.79 Å². The van der Waals surface area contributed by atoms with E-state index in [2.05, 4.69) is 22.3 Å². The van der Waals surface area contributed by atoms with Gasteiger partial charge in [0.2, 0.25) is 5.91 Å². The Morgan fingerprint density at radius 2 is 1.96 bits per heavy atom. The van der Waals surface area contributed by atoms with Crippen molar-refractivity contribution in [2.24, 2.45) is 5.73 Å². The van der Waals surface area contributed by atoms with Crippen LogP contribution in [0.1, 0.15) is 17.9 Å². The lowest BCUT2D eigenvalue weighted by atomic mass is 9.95. The van der Waals surface area contributed by atoms with E-state index in [1.165, 1.54) is 5.56 Å². The third-order valence-electron chi connectivity index (χ3n) is 4.43. The predicted molar refractivity (Wildman–Crippen MR) is 98.3 cm³/mol. The van der Waals surface area contributed by atoms with Crippen molar-refractivity contribution in [2.75, 3.05) is 25.0 Å². The van der Waals surface area contributed by atoms with E-state index in [1.54, 1.807) is 12.1 Å². The molecule has 0 aromatic heterocycles. The summed E-state index contributed by atoms with van der Waals surface area (Å²) in [6.07, 6.45) is 0.445. The van der Waals surface area contributed by atoms with E-state index in [4.69, 9.17) is 17.3 Å². The van der Waals surface area contributed by atoms with Gasteiger partial charge >= 0.3 is 0 Å². The standard InChI is InChI=1S/C19H22ClN3O/c20-15-7-4-8-16(11-15)22-19(24)9-10-23-12-17(18(21)13-23)14-5-2-1-3-6-14/h1-8,11,17-18H,9-10,12-13,21H2,(H,22,24)/t17-,18+/m0/s1. The molecule has 2 aromatic rings. The van der Waals surface area contributed by atoms with Crippen LogP contribution in [0.15, 0.2) is 54.6 Å². The molecular weight excluding hydrogens is 322 g/mol. The average Bonchev–Trinajstić information content (AvgIpc) is 2.95. The highest BCUT2D eigenvalue weighted by molar-refractivity contribution is 6.30. The van der Waals surface area contributed by atoms with Crippen molar-refractivity contribution >= 4 is 23.2 Å². The zero-order chi connectivity index (χ0) is 16.9. The molecule has 126 valence electrons. The second kappa shape index (κ2) is 7.79. The summed E-state index contributed by atoms with van der Waals surface area (Å²) in [4.78, 5) is 14.4. The fourth-order valence-electron chi connectivity index (χ4n) is 3.20. The van der Waals surface area contributed by atoms with Crippen molar-refractivity contribution in [2.45, 2.75) is 18.4 Å². The number of benzene rings is 2. The summed E-state index contributed by atoms with van der Waals surface area (Å²) in [7, 11) is 0. The Morgan fingerprint density at radius 1 is 1.17 bits per heavy atom. The van der Waals surface area contributed by atoms with Crippen LogP contribution in [0.25, 0.3) is 0 Å². The lowest BCUT2D eigenvalue weighted by Gasteiger charge is -2.16. The third-order valence-corrected chi connectivity index (χ3v) is 4.67. The van der Waals surface area contributed by atoms with Crippen LogP contribution >= 0.6 is 11.6 Å². The maximum absolute atomic E-state index is 12.1. The van der Waals surface area contributed by atoms with Gasteiger partial charge in [0.1, 0.15) is 0 Å². The minimum atomic E-state index is -0.00556. The average molecular weight is 344 g/mol. The minimum absolute atomic E-state index is 0.00556. The molecule has 1 heterocycles. The van der Waals surface area contributed by atoms with Crippen LogP contribution in [0.3, 0.4) is 0 Å². The summed E-state index contributed by atoms with van der Waals surface area (Å²) in [5.41, 5.74) is 8.29. The molecule has 0 saturated carbocycles. The lowest BCUT2D eigenvalue weighted by molar-refractivity contribution is -0.116. The van der Waals surface area contributed by atoms with Crippen molar-refractivity contribution < 1.29 is 4.79 Å². The maximum atomic E-state index is 12.1. The summed E-state index contributed by atoms with van der Waals surface area (Å²) in [5, 5.41) is 3.49. The summed E-state index contributed by atoms with van der Waals surface area (Å²) < 4.78 is 0. The Labute approximate surface area is 147 Å². The highest BCUT2D eigenvalue weighted by Crippen LogP contribution is 2.26. The summed E-state index contributed by atoms with van der Waals surface area (Å²) in [6.45, 7) is 2.43. The molecule has 2 atom stereocenters. The first-order valence-electron chi connectivity index (χ1n) is 8.20. The number of hydrogen-bond acceptors (Lipinski definition) is 3. The van der Waals surface area contributed by atoms with Crippen molar-refractivity contribution in [3.63, 3.8) is 0 Å². The van der Waals surface area contributed by atoms with E-state index < -0.39 is 0 Å². The number of nitrogens with zero attached hydrogens (tertiary/aromatic N) is 1. The molecule has 1 aliphatic rings. The quantitative estimate of drug-likeness (QED) is 0.877. The number of likely N-dealkylation sites (tertiary alicyclic amines) is 1. The number of carbonyl (C=O) groups is 1. The van der Waals surface area contributed by atoms with Crippen LogP contribution in [0.2, 0.25) is 5.02 Å². The number of carbonyl (C=O) groups excluding carboxylic acids is 1. The molecule has 0 bridgehead atoms. The second-order valence-electron chi connectivity index (χ2n) is 6.25. The van der Waals surface area contributed by atoms with Crippen LogP contribution in [0, 0.1) is 0 Å². The Bertz CT molecular complexity index is 692. The monoisotopic (exact) mass is 343 g/mol. The van der Waals surface area contributed by atoms with Gasteiger partial charge in [-0.1, -0.05) is 48.0 Å². The largest absolute Gasteiger partial charge is 0.326 e. The van der Waals surface area contributed by atoms with Gasteiger partial charge in [0.05, 0.1) is 0 Å². The molecule has 24 heavy (non-hydrogen) atoms. The van der Waals surface area contributed by atoms with E-state index in [1.807, 2.05) is 30.3 Å². The normalized spacial score (nSPS) is 20.9. The zero-order valence-corrected chi connectivity index (χ0v) is 14.2. The Balaban J connectivity index is 1.49. The SMILES string of the molecule is N[C@@H]1CN(CCC(=O)Nc2cccc(Cl)c2)C[C@H]1c1ccccc1. The summed E-state index contributed by atoms with van der Waals surface area (Å²) >= 11 is 5.93. The molecule has 0 aliphatic carbocycles. The number of amides is 1. The van der Waals surface area contributed by atoms with Gasteiger partial charge in [0.15, 0.2) is 0 Å². The topological polar surface area (TPSA) is 58.4 Å². The molecule has 1 fully saturated rings. The predicted octanol–water partition coefficient (Wildman–Crippen LogP) is 3.10. The molecule has 1 aliphatic heterocycles. The number of halogens is 1. The van der Waals surface area contributed by atoms with Crippen molar-refractivity contribution in [3.8, 4) is 0 Å². The first kappa shape index (κ1) is 17.0. The number of nitrogens with one attached hydrogen (secondary N) is 1. The van der Waals surface area contributed by atoms with Crippen molar-refractivity contribution in [1.29, 1.82) is 0 Å². The van der Waals surface area contributed by atoms with E-state index in [0.717, 1.165) is 18.8 Å². The van der Waals surface area contributed by atoms with Crippen LogP contribution < -0.4 is 11.1 Å². The van der Waals surface area contributed by atoms with Crippen LogP contribution in [0.4, 0.5) is 5.69 Å². The molecule has 3 rings (SSSR count). The van der Waals surface area contributed by atoms with Crippen LogP contribution in [0.5, 0.6) is 0 Å². The number of hydrogen-bond donors (Lipinski definition) is 2. The van der Waals surface area contributed by atoms with Crippen molar-refractivity contribution in [1.82, 2.24) is 4.90 Å². The van der Waals surface area contributed by atoms with Gasteiger partial charge in [0.25, 0.3) is 0 Å². The molecule has 0 spiro atoms. The van der Waals surface area contributed by atoms with E-state index in [9.17, 15) is 4.79 Å². The van der Waals surface area contributed by atoms with Gasteiger partial charge in [0, 0.05) is 48.7 Å². The Hall–Kier alpha value is -1.88. The fraction of sp³-hybridized carbons (Fsp3) is 0.316. The highest BCUT2D eigenvalue weighted by atomic mass is 35.5. The fourth-order valence-corrected chi connectivity index (χ4v) is 3.39. The Kier molecular flexibility index (Phi) is 5.51. The number of anilines is 1. The molecule has 0 unspecified atom stereocenters. The zero-order valence-electron chi connectivity index (χ0n) is 13.5. The van der Waals surface area contributed by atoms with Gasteiger partial charge < -0.3 is 16.0 Å². The van der Waals surface area contributed by atoms with E-state index in [-0.39, 0.29) is 11.9 Å². The smallest absolute Gasteiger partial charge is 0.225 e. The minimum Gasteiger partial charge on any atom is -0.326 e. The van der Waals surface area contributed by atoms with Gasteiger partial charge in [-0.25, -0.2) is 0 Å². The molecule has 0 radical (unpaired) electrons. The molecule has 3 N–H and O–H groups in total. The lowest BCUT2D eigenvalue weighted by Crippen LogP contribution is -2.30. The van der Waals surface area contributed by atoms with E-state index >= 15 is 0 Å². The van der Waals surface area contributed by atoms with E-state index in [0.29, 0.717) is 23.9 Å². The molecule has 2 aromatic carbocycles. The highest BCUT2D eigenvalue weighted by Gasteiger charge is 2.30. The summed E-state index contributed by atoms with van der Waals surface area (Å²) in [5.74, 6) is 0.330. The summed E-state index contributed by atoms with van der Waals surface area (Å²) in [6, 6.07) is 17.7. The number of rotatable bonds is 5. The maximum Gasteiger partial charge on any atom is 0.225 e. The molecule has 1 amide bonds. The number of nitrogens with two attached hydrogens (primary N) is 1. The molecule has 1 saturated heterocycles.